The van der Waals surface area contributed by atoms with Gasteiger partial charge in [0.1, 0.15) is 5.82 Å². The van der Waals surface area contributed by atoms with Gasteiger partial charge in [-0.25, -0.2) is 9.97 Å². The number of hydrogen-bond donors (Lipinski definition) is 0. The standard InChI is InChI=1S/C20H27N3O/c1-2-20-21-13-18(14-22-20)15-23-11-12-24-19(16-23)10-6-9-17-7-4-3-5-8-17/h3-5,7-8,13-14,19H,2,6,9-12,15-16H2,1H3/t19-/m0/s1. The molecule has 0 saturated carbocycles. The minimum Gasteiger partial charge on any atom is -0.376 e. The van der Waals surface area contributed by atoms with Crippen molar-refractivity contribution in [1.82, 2.24) is 14.9 Å². The molecule has 1 aromatic carbocycles. The smallest absolute Gasteiger partial charge is 0.127 e. The molecule has 0 aliphatic carbocycles. The minimum atomic E-state index is 0.346. The Morgan fingerprint density at radius 3 is 2.67 bits per heavy atom. The molecule has 4 heteroatoms. The maximum Gasteiger partial charge on any atom is 0.127 e. The zero-order valence-corrected chi connectivity index (χ0v) is 14.5. The average Bonchev–Trinajstić information content (AvgIpc) is 2.64. The van der Waals surface area contributed by atoms with Gasteiger partial charge in [-0.2, -0.15) is 0 Å². The summed E-state index contributed by atoms with van der Waals surface area (Å²) in [4.78, 5) is 11.3. The lowest BCUT2D eigenvalue weighted by Gasteiger charge is -2.33. The van der Waals surface area contributed by atoms with E-state index in [0.717, 1.165) is 51.3 Å². The summed E-state index contributed by atoms with van der Waals surface area (Å²) in [5, 5.41) is 0. The second-order valence-corrected chi connectivity index (χ2v) is 6.47. The molecular weight excluding hydrogens is 298 g/mol. The molecule has 1 aliphatic rings. The normalized spacial score (nSPS) is 18.6. The number of nitrogens with zero attached hydrogens (tertiary/aromatic N) is 3. The molecule has 0 radical (unpaired) electrons. The van der Waals surface area contributed by atoms with Gasteiger partial charge < -0.3 is 4.74 Å². The summed E-state index contributed by atoms with van der Waals surface area (Å²) in [6.07, 6.45) is 8.59. The van der Waals surface area contributed by atoms with Crippen LogP contribution in [0.4, 0.5) is 0 Å². The van der Waals surface area contributed by atoms with Crippen molar-refractivity contribution >= 4 is 0 Å². The fraction of sp³-hybridized carbons (Fsp3) is 0.500. The lowest BCUT2D eigenvalue weighted by Crippen LogP contribution is -2.41. The Morgan fingerprint density at radius 1 is 1.12 bits per heavy atom. The Hall–Kier alpha value is -1.78. The molecule has 0 amide bonds. The van der Waals surface area contributed by atoms with E-state index in [1.807, 2.05) is 12.4 Å². The Kier molecular flexibility index (Phi) is 6.33. The summed E-state index contributed by atoms with van der Waals surface area (Å²) in [5.41, 5.74) is 2.61. The van der Waals surface area contributed by atoms with Gasteiger partial charge in [0.05, 0.1) is 12.7 Å². The molecule has 1 saturated heterocycles. The fourth-order valence-corrected chi connectivity index (χ4v) is 3.18. The minimum absolute atomic E-state index is 0.346. The first-order chi connectivity index (χ1) is 11.8. The largest absolute Gasteiger partial charge is 0.376 e. The highest BCUT2D eigenvalue weighted by Crippen LogP contribution is 2.15. The van der Waals surface area contributed by atoms with Crippen molar-refractivity contribution in [2.24, 2.45) is 0 Å². The molecule has 1 aliphatic heterocycles. The highest BCUT2D eigenvalue weighted by Gasteiger charge is 2.20. The lowest BCUT2D eigenvalue weighted by atomic mass is 10.0. The maximum atomic E-state index is 5.95. The van der Waals surface area contributed by atoms with Crippen molar-refractivity contribution in [1.29, 1.82) is 0 Å². The number of ether oxygens (including phenoxy) is 1. The van der Waals surface area contributed by atoms with E-state index in [0.29, 0.717) is 6.10 Å². The third-order valence-corrected chi connectivity index (χ3v) is 4.54. The summed E-state index contributed by atoms with van der Waals surface area (Å²) in [6.45, 7) is 5.82. The van der Waals surface area contributed by atoms with E-state index in [9.17, 15) is 0 Å². The van der Waals surface area contributed by atoms with Crippen LogP contribution in [0.15, 0.2) is 42.7 Å². The monoisotopic (exact) mass is 325 g/mol. The van der Waals surface area contributed by atoms with Crippen LogP contribution in [0.1, 0.15) is 36.7 Å². The molecule has 1 aromatic heterocycles. The van der Waals surface area contributed by atoms with Crippen molar-refractivity contribution < 1.29 is 4.74 Å². The average molecular weight is 325 g/mol. The lowest BCUT2D eigenvalue weighted by molar-refractivity contribution is -0.0355. The Balaban J connectivity index is 1.43. The first-order valence-electron chi connectivity index (χ1n) is 9.01. The molecule has 1 atom stereocenters. The Bertz CT molecular complexity index is 600. The van der Waals surface area contributed by atoms with Crippen molar-refractivity contribution in [3.63, 3.8) is 0 Å². The van der Waals surface area contributed by atoms with E-state index in [-0.39, 0.29) is 0 Å². The second-order valence-electron chi connectivity index (χ2n) is 6.47. The van der Waals surface area contributed by atoms with E-state index < -0.39 is 0 Å². The van der Waals surface area contributed by atoms with Crippen LogP contribution in [0.25, 0.3) is 0 Å². The molecule has 2 aromatic rings. The zero-order chi connectivity index (χ0) is 16.6. The summed E-state index contributed by atoms with van der Waals surface area (Å²) >= 11 is 0. The van der Waals surface area contributed by atoms with Crippen LogP contribution in [0.5, 0.6) is 0 Å². The number of rotatable bonds is 7. The van der Waals surface area contributed by atoms with Crippen LogP contribution in [-0.2, 0) is 24.1 Å². The van der Waals surface area contributed by atoms with Crippen LogP contribution in [-0.4, -0.2) is 40.7 Å². The highest BCUT2D eigenvalue weighted by molar-refractivity contribution is 5.14. The summed E-state index contributed by atoms with van der Waals surface area (Å²) in [6, 6.07) is 10.7. The highest BCUT2D eigenvalue weighted by atomic mass is 16.5. The molecule has 2 heterocycles. The molecule has 4 nitrogen and oxygen atoms in total. The van der Waals surface area contributed by atoms with Gasteiger partial charge in [-0.1, -0.05) is 37.3 Å². The second kappa shape index (κ2) is 8.90. The third-order valence-electron chi connectivity index (χ3n) is 4.54. The first-order valence-corrected chi connectivity index (χ1v) is 9.01. The molecule has 0 unspecified atom stereocenters. The Morgan fingerprint density at radius 2 is 1.92 bits per heavy atom. The fourth-order valence-electron chi connectivity index (χ4n) is 3.18. The summed E-state index contributed by atoms with van der Waals surface area (Å²) in [5.74, 6) is 0.916. The van der Waals surface area contributed by atoms with Crippen LogP contribution >= 0.6 is 0 Å². The predicted octanol–water partition coefficient (Wildman–Crippen LogP) is 3.26. The molecule has 0 spiro atoms. The zero-order valence-electron chi connectivity index (χ0n) is 14.5. The maximum absolute atomic E-state index is 5.95. The van der Waals surface area contributed by atoms with Gasteiger partial charge in [-0.15, -0.1) is 0 Å². The van der Waals surface area contributed by atoms with Gasteiger partial charge in [0.15, 0.2) is 0 Å². The number of aryl methyl sites for hydroxylation is 2. The van der Waals surface area contributed by atoms with Gasteiger partial charge in [0.2, 0.25) is 0 Å². The number of benzene rings is 1. The molecule has 0 bridgehead atoms. The Labute approximate surface area is 144 Å². The quantitative estimate of drug-likeness (QED) is 0.783. The van der Waals surface area contributed by atoms with Gasteiger partial charge >= 0.3 is 0 Å². The first kappa shape index (κ1) is 17.1. The predicted molar refractivity (Wildman–Crippen MR) is 95.8 cm³/mol. The molecular formula is C20H27N3O. The van der Waals surface area contributed by atoms with Crippen LogP contribution in [0.3, 0.4) is 0 Å². The van der Waals surface area contributed by atoms with Crippen molar-refractivity contribution in [3.05, 3.63) is 59.7 Å². The summed E-state index contributed by atoms with van der Waals surface area (Å²) in [7, 11) is 0. The van der Waals surface area contributed by atoms with Crippen molar-refractivity contribution in [3.8, 4) is 0 Å². The molecule has 1 fully saturated rings. The molecule has 24 heavy (non-hydrogen) atoms. The van der Waals surface area contributed by atoms with Gasteiger partial charge in [-0.3, -0.25) is 4.90 Å². The molecule has 3 rings (SSSR count). The summed E-state index contributed by atoms with van der Waals surface area (Å²) < 4.78 is 5.95. The molecule has 0 N–H and O–H groups in total. The number of morpholine rings is 1. The SMILES string of the molecule is CCc1ncc(CN2CCO[C@@H](CCCc3ccccc3)C2)cn1. The van der Waals surface area contributed by atoms with Gasteiger partial charge in [0, 0.05) is 44.0 Å². The van der Waals surface area contributed by atoms with Gasteiger partial charge in [-0.05, 0) is 24.8 Å². The third kappa shape index (κ3) is 5.11. The number of aromatic nitrogens is 2. The molecule has 128 valence electrons. The van der Waals surface area contributed by atoms with Crippen molar-refractivity contribution in [2.45, 2.75) is 45.3 Å². The van der Waals surface area contributed by atoms with E-state index >= 15 is 0 Å². The van der Waals surface area contributed by atoms with E-state index in [2.05, 4.69) is 52.1 Å². The van der Waals surface area contributed by atoms with E-state index in [1.165, 1.54) is 17.5 Å². The van der Waals surface area contributed by atoms with Crippen LogP contribution < -0.4 is 0 Å². The van der Waals surface area contributed by atoms with E-state index in [1.54, 1.807) is 0 Å². The number of hydrogen-bond acceptors (Lipinski definition) is 4. The van der Waals surface area contributed by atoms with Gasteiger partial charge in [0.25, 0.3) is 0 Å². The van der Waals surface area contributed by atoms with Crippen LogP contribution in [0.2, 0.25) is 0 Å². The van der Waals surface area contributed by atoms with E-state index in [4.69, 9.17) is 4.74 Å². The van der Waals surface area contributed by atoms with Crippen LogP contribution in [0, 0.1) is 0 Å². The topological polar surface area (TPSA) is 38.2 Å². The van der Waals surface area contributed by atoms with Crippen molar-refractivity contribution in [2.75, 3.05) is 19.7 Å².